The summed E-state index contributed by atoms with van der Waals surface area (Å²) in [5.74, 6) is -2.24. The highest BCUT2D eigenvalue weighted by Gasteiger charge is 2.69. The second kappa shape index (κ2) is 7.44. The third-order valence-electron chi connectivity index (χ3n) is 5.77. The molecule has 0 aromatic heterocycles. The molecule has 2 aliphatic rings. The van der Waals surface area contributed by atoms with Crippen LogP contribution in [0.25, 0.3) is 4.85 Å². The molecule has 0 spiro atoms. The lowest BCUT2D eigenvalue weighted by molar-refractivity contribution is 0.240. The number of benzene rings is 1. The summed E-state index contributed by atoms with van der Waals surface area (Å²) in [5, 5.41) is 3.83. The van der Waals surface area contributed by atoms with Crippen molar-refractivity contribution >= 4 is 23.2 Å². The highest BCUT2D eigenvalue weighted by molar-refractivity contribution is 6.31. The van der Waals surface area contributed by atoms with Gasteiger partial charge in [0.05, 0.1) is 17.0 Å². The molecule has 1 fully saturated rings. The normalized spacial score (nSPS) is 32.8. The molecule has 0 saturated carbocycles. The Labute approximate surface area is 175 Å². The molecule has 28 heavy (non-hydrogen) atoms. The number of halogens is 4. The van der Waals surface area contributed by atoms with Crippen LogP contribution in [0.5, 0.6) is 0 Å². The van der Waals surface area contributed by atoms with Gasteiger partial charge in [0.1, 0.15) is 17.6 Å². The highest BCUT2D eigenvalue weighted by Crippen LogP contribution is 2.54. The first kappa shape index (κ1) is 21.3. The first-order valence-corrected chi connectivity index (χ1v) is 10.1. The predicted octanol–water partition coefficient (Wildman–Crippen LogP) is 6.67. The molecule has 0 bridgehead atoms. The lowest BCUT2D eigenvalue weighted by Crippen LogP contribution is -2.49. The third-order valence-corrected chi connectivity index (χ3v) is 6.30. The predicted molar refractivity (Wildman–Crippen MR) is 112 cm³/mol. The number of hydrogen-bond acceptors (Lipinski definition) is 1. The van der Waals surface area contributed by atoms with Crippen LogP contribution in [0.15, 0.2) is 41.2 Å². The first-order chi connectivity index (χ1) is 13.0. The van der Waals surface area contributed by atoms with Crippen molar-refractivity contribution in [3.05, 3.63) is 62.5 Å². The fourth-order valence-corrected chi connectivity index (χ4v) is 5.21. The summed E-state index contributed by atoms with van der Waals surface area (Å²) in [4.78, 5) is 4.27. The van der Waals surface area contributed by atoms with Crippen LogP contribution in [-0.4, -0.2) is 17.6 Å². The van der Waals surface area contributed by atoms with E-state index in [9.17, 15) is 4.39 Å². The second-order valence-corrected chi connectivity index (χ2v) is 9.81. The summed E-state index contributed by atoms with van der Waals surface area (Å²) in [6, 6.07) is 4.38. The van der Waals surface area contributed by atoms with Crippen molar-refractivity contribution in [3.8, 4) is 6.57 Å². The molecular weight excluding hydrogens is 401 g/mol. The maximum absolute atomic E-state index is 15.0. The van der Waals surface area contributed by atoms with Gasteiger partial charge < -0.3 is 5.32 Å². The van der Waals surface area contributed by atoms with Crippen LogP contribution in [0.3, 0.4) is 0 Å². The minimum Gasteiger partial charge on any atom is -0.303 e. The number of hydrogen-bond donors (Lipinski definition) is 1. The first-order valence-electron chi connectivity index (χ1n) is 9.37. The smallest absolute Gasteiger partial charge is 0.303 e. The summed E-state index contributed by atoms with van der Waals surface area (Å²) in [6.07, 6.45) is 3.58. The molecule has 1 N–H and O–H groups in total. The lowest BCUT2D eigenvalue weighted by Gasteiger charge is -2.33. The van der Waals surface area contributed by atoms with Gasteiger partial charge in [0.2, 0.25) is 0 Å². The highest BCUT2D eigenvalue weighted by atomic mass is 35.5. The third kappa shape index (κ3) is 3.49. The molecule has 1 aromatic carbocycles. The van der Waals surface area contributed by atoms with Gasteiger partial charge >= 0.3 is 5.54 Å². The summed E-state index contributed by atoms with van der Waals surface area (Å²) in [6.45, 7) is 14.2. The summed E-state index contributed by atoms with van der Waals surface area (Å²) in [7, 11) is 0. The largest absolute Gasteiger partial charge is 0.316 e. The van der Waals surface area contributed by atoms with Crippen LogP contribution >= 0.6 is 23.2 Å². The standard InChI is InChI=1S/C22H25Cl2F2N2/c1-12-19(14-7-6-8-16(24)20(14)26)22(27-5,15-9-13(23)10-17(15)25)18(28-12)11-21(2,3)4/h5-10,12,15,18-19,28H,11H2,1-4H3/q+1. The molecule has 6 heteroatoms. The zero-order valence-electron chi connectivity index (χ0n) is 16.4. The number of rotatable bonds is 3. The Morgan fingerprint density at radius 1 is 1.25 bits per heavy atom. The number of nitrogens with one attached hydrogen (secondary N) is 1. The Morgan fingerprint density at radius 2 is 1.93 bits per heavy atom. The van der Waals surface area contributed by atoms with Crippen molar-refractivity contribution in [1.82, 2.24) is 5.32 Å². The molecule has 3 rings (SSSR count). The van der Waals surface area contributed by atoms with E-state index in [1.807, 2.05) is 6.92 Å². The monoisotopic (exact) mass is 425 g/mol. The zero-order chi connectivity index (χ0) is 20.9. The van der Waals surface area contributed by atoms with Gasteiger partial charge in [0, 0.05) is 16.6 Å². The molecule has 5 atom stereocenters. The number of nitrogens with zero attached hydrogens (tertiary/aromatic N) is 1. The van der Waals surface area contributed by atoms with Gasteiger partial charge in [0.25, 0.3) is 6.57 Å². The van der Waals surface area contributed by atoms with Crippen LogP contribution in [0.2, 0.25) is 5.02 Å². The van der Waals surface area contributed by atoms with E-state index in [1.165, 1.54) is 12.1 Å². The molecule has 0 radical (unpaired) electrons. The second-order valence-electron chi connectivity index (χ2n) is 8.97. The van der Waals surface area contributed by atoms with Crippen LogP contribution in [0.4, 0.5) is 8.78 Å². The molecule has 5 unspecified atom stereocenters. The fraction of sp³-hybridized carbons (Fsp3) is 0.500. The van der Waals surface area contributed by atoms with Crippen molar-refractivity contribution in [3.63, 3.8) is 0 Å². The van der Waals surface area contributed by atoms with E-state index in [1.54, 1.807) is 18.2 Å². The Bertz CT molecular complexity index is 882. The van der Waals surface area contributed by atoms with Crippen LogP contribution in [0, 0.1) is 23.7 Å². The van der Waals surface area contributed by atoms with Crippen molar-refractivity contribution in [1.29, 1.82) is 0 Å². The van der Waals surface area contributed by atoms with Gasteiger partial charge in [-0.05, 0) is 37.0 Å². The van der Waals surface area contributed by atoms with E-state index in [2.05, 4.69) is 30.9 Å². The molecular formula is C22H25Cl2F2N2+. The molecule has 1 heterocycles. The van der Waals surface area contributed by atoms with Gasteiger partial charge in [-0.15, -0.1) is 0 Å². The van der Waals surface area contributed by atoms with Gasteiger partial charge in [-0.1, -0.05) is 61.0 Å². The molecule has 150 valence electrons. The summed E-state index contributed by atoms with van der Waals surface area (Å²) >= 11 is 12.2. The Balaban J connectivity index is 2.23. The summed E-state index contributed by atoms with van der Waals surface area (Å²) in [5.41, 5.74) is -0.848. The van der Waals surface area contributed by atoms with Crippen LogP contribution < -0.4 is 5.32 Å². The van der Waals surface area contributed by atoms with E-state index in [0.717, 1.165) is 0 Å². The van der Waals surface area contributed by atoms with E-state index < -0.39 is 29.0 Å². The lowest BCUT2D eigenvalue weighted by atomic mass is 9.65. The summed E-state index contributed by atoms with van der Waals surface area (Å²) < 4.78 is 30.0. The average Bonchev–Trinajstić information content (AvgIpc) is 3.05. The molecule has 1 saturated heterocycles. The molecule has 1 aliphatic carbocycles. The van der Waals surface area contributed by atoms with E-state index in [0.29, 0.717) is 17.0 Å². The van der Waals surface area contributed by atoms with Crippen molar-refractivity contribution in [2.24, 2.45) is 11.3 Å². The van der Waals surface area contributed by atoms with Crippen molar-refractivity contribution < 1.29 is 8.78 Å². The minimum atomic E-state index is -1.14. The zero-order valence-corrected chi connectivity index (χ0v) is 18.0. The minimum absolute atomic E-state index is 0.0194. The Kier molecular flexibility index (Phi) is 5.66. The fourth-order valence-electron chi connectivity index (χ4n) is 4.80. The molecule has 0 amide bonds. The van der Waals surface area contributed by atoms with Crippen molar-refractivity contribution in [2.45, 2.75) is 57.7 Å². The van der Waals surface area contributed by atoms with E-state index in [4.69, 9.17) is 29.8 Å². The molecule has 1 aliphatic heterocycles. The van der Waals surface area contributed by atoms with Gasteiger partial charge in [-0.25, -0.2) is 8.78 Å². The van der Waals surface area contributed by atoms with Crippen molar-refractivity contribution in [2.75, 3.05) is 0 Å². The Hall–Kier alpha value is -1.41. The quantitative estimate of drug-likeness (QED) is 0.571. The van der Waals surface area contributed by atoms with Crippen LogP contribution in [0.1, 0.15) is 45.6 Å². The van der Waals surface area contributed by atoms with E-state index in [-0.39, 0.29) is 22.5 Å². The van der Waals surface area contributed by atoms with Gasteiger partial charge in [-0.2, -0.15) is 0 Å². The topological polar surface area (TPSA) is 16.4 Å². The van der Waals surface area contributed by atoms with Crippen LogP contribution in [-0.2, 0) is 0 Å². The molecule has 2 nitrogen and oxygen atoms in total. The van der Waals surface area contributed by atoms with Gasteiger partial charge in [-0.3, -0.25) is 0 Å². The maximum atomic E-state index is 15.0. The maximum Gasteiger partial charge on any atom is 0.316 e. The Morgan fingerprint density at radius 3 is 2.46 bits per heavy atom. The number of allylic oxidation sites excluding steroid dienone is 2. The average molecular weight is 426 g/mol. The van der Waals surface area contributed by atoms with E-state index >= 15 is 4.39 Å². The SMILES string of the molecule is C#[N+]C1(C2C=C(Cl)C=C2F)C(CC(C)(C)C)NC(C)C1c1cccc(Cl)c1F. The molecule has 1 aromatic rings. The van der Waals surface area contributed by atoms with Gasteiger partial charge in [0.15, 0.2) is 0 Å².